The number of rotatable bonds is 0. The maximum absolute atomic E-state index is 8.88. The van der Waals surface area contributed by atoms with Gasteiger partial charge in [0.15, 0.2) is 0 Å². The third-order valence-corrected chi connectivity index (χ3v) is 1.07. The van der Waals surface area contributed by atoms with E-state index in [2.05, 4.69) is 10.6 Å². The second kappa shape index (κ2) is 5.60. The second-order valence-electron chi connectivity index (χ2n) is 2.28. The number of hydrogen-bond donors (Lipinski definition) is 6. The van der Waals surface area contributed by atoms with Crippen molar-refractivity contribution in [3.05, 3.63) is 0 Å². The normalized spacial score (nSPS) is 24.2. The lowest BCUT2D eigenvalue weighted by Gasteiger charge is -2.19. The van der Waals surface area contributed by atoms with Crippen LogP contribution in [0.2, 0.25) is 0 Å². The minimum absolute atomic E-state index is 0.175. The zero-order chi connectivity index (χ0) is 9.61. The average molecular weight is 199 g/mol. The van der Waals surface area contributed by atoms with Gasteiger partial charge in [0.05, 0.1) is 6.17 Å². The van der Waals surface area contributed by atoms with E-state index < -0.39 is 7.82 Å². The molecule has 1 saturated heterocycles. The molecule has 74 valence electrons. The molecule has 12 heavy (non-hydrogen) atoms. The van der Waals surface area contributed by atoms with Gasteiger partial charge in [-0.1, -0.05) is 0 Å². The van der Waals surface area contributed by atoms with Crippen molar-refractivity contribution in [3.63, 3.8) is 0 Å². The van der Waals surface area contributed by atoms with E-state index in [1.165, 1.54) is 0 Å². The van der Waals surface area contributed by atoms with E-state index in [4.69, 9.17) is 25.0 Å². The highest BCUT2D eigenvalue weighted by molar-refractivity contribution is 7.45. The van der Waals surface area contributed by atoms with Crippen LogP contribution in [-0.2, 0) is 4.57 Å². The van der Waals surface area contributed by atoms with Gasteiger partial charge in [0.2, 0.25) is 0 Å². The summed E-state index contributed by atoms with van der Waals surface area (Å²) in [6, 6.07) is 0. The largest absolute Gasteiger partial charge is 0.466 e. The summed E-state index contributed by atoms with van der Waals surface area (Å²) in [6.07, 6.45) is 0.175. The van der Waals surface area contributed by atoms with Crippen molar-refractivity contribution < 1.29 is 19.2 Å². The fourth-order valence-corrected chi connectivity index (χ4v) is 0.676. The van der Waals surface area contributed by atoms with Gasteiger partial charge in [0.1, 0.15) is 0 Å². The maximum Gasteiger partial charge on any atom is 0.466 e. The SMILES string of the molecule is NC1CNCCN1.O=P(O)(O)O. The first-order valence-electron chi connectivity index (χ1n) is 3.37. The molecule has 0 amide bonds. The second-order valence-corrected chi connectivity index (χ2v) is 3.30. The summed E-state index contributed by atoms with van der Waals surface area (Å²) in [4.78, 5) is 21.6. The number of phosphoric acid groups is 1. The molecule has 7 nitrogen and oxygen atoms in total. The lowest BCUT2D eigenvalue weighted by molar-refractivity contribution is 0.275. The lowest BCUT2D eigenvalue weighted by Crippen LogP contribution is -2.53. The Morgan fingerprint density at radius 3 is 2.00 bits per heavy atom. The van der Waals surface area contributed by atoms with Crippen LogP contribution in [0.3, 0.4) is 0 Å². The predicted molar refractivity (Wildman–Crippen MR) is 43.1 cm³/mol. The maximum atomic E-state index is 8.88. The van der Waals surface area contributed by atoms with Crippen LogP contribution in [0, 0.1) is 0 Å². The molecule has 0 radical (unpaired) electrons. The summed E-state index contributed by atoms with van der Waals surface area (Å²) in [5, 5.41) is 6.24. The summed E-state index contributed by atoms with van der Waals surface area (Å²) in [5.41, 5.74) is 5.46. The number of piperazine rings is 1. The molecule has 0 aromatic heterocycles. The van der Waals surface area contributed by atoms with E-state index in [9.17, 15) is 0 Å². The monoisotopic (exact) mass is 199 g/mol. The van der Waals surface area contributed by atoms with E-state index in [0.717, 1.165) is 19.6 Å². The van der Waals surface area contributed by atoms with Gasteiger partial charge in [-0.3, -0.25) is 5.32 Å². The Morgan fingerprint density at radius 2 is 1.83 bits per heavy atom. The Labute approximate surface area is 70.2 Å². The summed E-state index contributed by atoms with van der Waals surface area (Å²) in [7, 11) is -4.64. The van der Waals surface area contributed by atoms with Gasteiger partial charge >= 0.3 is 7.82 Å². The zero-order valence-electron chi connectivity index (χ0n) is 6.47. The molecule has 0 aromatic carbocycles. The van der Waals surface area contributed by atoms with Crippen LogP contribution in [0.5, 0.6) is 0 Å². The molecule has 1 heterocycles. The summed E-state index contributed by atoms with van der Waals surface area (Å²) < 4.78 is 8.88. The third-order valence-electron chi connectivity index (χ3n) is 1.07. The molecule has 1 unspecified atom stereocenters. The number of nitrogens with one attached hydrogen (secondary N) is 2. The molecule has 1 atom stereocenters. The summed E-state index contributed by atoms with van der Waals surface area (Å²) in [5.74, 6) is 0. The highest BCUT2D eigenvalue weighted by Gasteiger charge is 2.03. The third kappa shape index (κ3) is 12.6. The van der Waals surface area contributed by atoms with E-state index in [1.54, 1.807) is 0 Å². The van der Waals surface area contributed by atoms with Crippen LogP contribution in [0.4, 0.5) is 0 Å². The molecule has 1 fully saturated rings. The van der Waals surface area contributed by atoms with Crippen LogP contribution in [-0.4, -0.2) is 40.5 Å². The predicted octanol–water partition coefficient (Wildman–Crippen LogP) is -2.46. The van der Waals surface area contributed by atoms with E-state index in [1.807, 2.05) is 0 Å². The Morgan fingerprint density at radius 1 is 1.33 bits per heavy atom. The van der Waals surface area contributed by atoms with Crippen LogP contribution < -0.4 is 16.4 Å². The van der Waals surface area contributed by atoms with Gasteiger partial charge in [-0.05, 0) is 0 Å². The first-order chi connectivity index (χ1) is 5.39. The van der Waals surface area contributed by atoms with E-state index in [-0.39, 0.29) is 6.17 Å². The average Bonchev–Trinajstić information content (AvgIpc) is 1.85. The quantitative estimate of drug-likeness (QED) is 0.239. The molecule has 1 aliphatic heterocycles. The molecule has 1 aliphatic rings. The molecule has 0 bridgehead atoms. The van der Waals surface area contributed by atoms with Crippen LogP contribution in [0.25, 0.3) is 0 Å². The molecular weight excluding hydrogens is 185 g/mol. The topological polar surface area (TPSA) is 128 Å². The molecule has 8 heteroatoms. The van der Waals surface area contributed by atoms with Gasteiger partial charge < -0.3 is 25.7 Å². The molecule has 7 N–H and O–H groups in total. The fraction of sp³-hybridized carbons (Fsp3) is 1.00. The van der Waals surface area contributed by atoms with Gasteiger partial charge in [-0.25, -0.2) is 4.57 Å². The molecular formula is C4H14N3O4P. The zero-order valence-corrected chi connectivity index (χ0v) is 7.37. The van der Waals surface area contributed by atoms with Crippen molar-refractivity contribution in [1.29, 1.82) is 0 Å². The van der Waals surface area contributed by atoms with Crippen molar-refractivity contribution in [2.45, 2.75) is 6.17 Å². The Balaban J connectivity index is 0.000000217. The Bertz CT molecular complexity index is 146. The Kier molecular flexibility index (Phi) is 5.60. The fourth-order valence-electron chi connectivity index (χ4n) is 0.676. The minimum Gasteiger partial charge on any atom is -0.315 e. The molecule has 1 rings (SSSR count). The lowest BCUT2D eigenvalue weighted by atomic mass is 10.4. The van der Waals surface area contributed by atoms with Crippen LogP contribution in [0.1, 0.15) is 0 Å². The van der Waals surface area contributed by atoms with Gasteiger partial charge in [-0.15, -0.1) is 0 Å². The van der Waals surface area contributed by atoms with E-state index in [0.29, 0.717) is 0 Å². The van der Waals surface area contributed by atoms with Crippen molar-refractivity contribution in [2.24, 2.45) is 5.73 Å². The smallest absolute Gasteiger partial charge is 0.315 e. The van der Waals surface area contributed by atoms with Crippen LogP contribution in [0.15, 0.2) is 0 Å². The van der Waals surface area contributed by atoms with Gasteiger partial charge in [-0.2, -0.15) is 0 Å². The summed E-state index contributed by atoms with van der Waals surface area (Å²) in [6.45, 7) is 2.95. The van der Waals surface area contributed by atoms with Crippen molar-refractivity contribution in [2.75, 3.05) is 19.6 Å². The molecule has 0 aromatic rings. The summed E-state index contributed by atoms with van der Waals surface area (Å²) >= 11 is 0. The van der Waals surface area contributed by atoms with Gasteiger partial charge in [0, 0.05) is 19.6 Å². The first kappa shape index (κ1) is 12.0. The highest BCUT2D eigenvalue weighted by Crippen LogP contribution is 2.25. The number of nitrogens with two attached hydrogens (primary N) is 1. The van der Waals surface area contributed by atoms with Crippen LogP contribution >= 0.6 is 7.82 Å². The van der Waals surface area contributed by atoms with Crippen molar-refractivity contribution in [3.8, 4) is 0 Å². The first-order valence-corrected chi connectivity index (χ1v) is 4.94. The minimum atomic E-state index is -4.64. The standard InChI is InChI=1S/C4H11N3.H3O4P/c5-4-3-6-1-2-7-4;1-5(2,3)4/h4,6-7H,1-3,5H2;(H3,1,2,3,4). The molecule has 0 aliphatic carbocycles. The Hall–Kier alpha value is -0.0100. The highest BCUT2D eigenvalue weighted by atomic mass is 31.2. The number of hydrogen-bond acceptors (Lipinski definition) is 4. The molecule has 0 saturated carbocycles. The van der Waals surface area contributed by atoms with Crippen molar-refractivity contribution >= 4 is 7.82 Å². The van der Waals surface area contributed by atoms with Gasteiger partial charge in [0.25, 0.3) is 0 Å². The van der Waals surface area contributed by atoms with E-state index >= 15 is 0 Å². The molecule has 0 spiro atoms. The van der Waals surface area contributed by atoms with Crippen molar-refractivity contribution in [1.82, 2.24) is 10.6 Å².